The summed E-state index contributed by atoms with van der Waals surface area (Å²) in [5, 5.41) is 9.56. The van der Waals surface area contributed by atoms with Crippen LogP contribution in [0.1, 0.15) is 11.1 Å². The Morgan fingerprint density at radius 2 is 1.29 bits per heavy atom. The number of nitriles is 1. The molecule has 0 bridgehead atoms. The summed E-state index contributed by atoms with van der Waals surface area (Å²) in [4.78, 5) is 0. The van der Waals surface area contributed by atoms with Crippen LogP contribution in [0.2, 0.25) is 0 Å². The molecule has 0 saturated heterocycles. The lowest BCUT2D eigenvalue weighted by Crippen LogP contribution is -2.22. The largest absolute Gasteiger partial charge is 0.197 e. The summed E-state index contributed by atoms with van der Waals surface area (Å²) in [6, 6.07) is 21.8. The van der Waals surface area contributed by atoms with Crippen LogP contribution >= 0.6 is 0 Å². The first-order chi connectivity index (χ1) is 8.33. The molecule has 0 aromatic heterocycles. The summed E-state index contributed by atoms with van der Waals surface area (Å²) in [7, 11) is 0. The van der Waals surface area contributed by atoms with E-state index in [4.69, 9.17) is 0 Å². The first-order valence-electron chi connectivity index (χ1n) is 5.49. The maximum Gasteiger partial charge on any atom is 0.125 e. The lowest BCUT2D eigenvalue weighted by Gasteiger charge is -2.23. The topological polar surface area (TPSA) is 23.8 Å². The van der Waals surface area contributed by atoms with Gasteiger partial charge in [0.05, 0.1) is 6.07 Å². The highest BCUT2D eigenvalue weighted by Gasteiger charge is 2.30. The number of benzene rings is 2. The molecule has 0 N–H and O–H groups in total. The van der Waals surface area contributed by atoms with Crippen molar-refractivity contribution in [2.45, 2.75) is 5.41 Å². The van der Waals surface area contributed by atoms with E-state index >= 15 is 0 Å². The molecule has 0 aliphatic heterocycles. The normalized spacial score (nSPS) is 10.5. The van der Waals surface area contributed by atoms with E-state index in [1.165, 1.54) is 0 Å². The van der Waals surface area contributed by atoms with Crippen LogP contribution in [0, 0.1) is 11.3 Å². The minimum absolute atomic E-state index is 0.761. The first-order valence-corrected chi connectivity index (χ1v) is 5.49. The molecule has 2 rings (SSSR count). The average Bonchev–Trinajstić information content (AvgIpc) is 2.43. The highest BCUT2D eigenvalue weighted by atomic mass is 14.4. The summed E-state index contributed by atoms with van der Waals surface area (Å²) in [6.07, 6.45) is 1.71. The van der Waals surface area contributed by atoms with Crippen molar-refractivity contribution in [3.8, 4) is 6.07 Å². The quantitative estimate of drug-likeness (QED) is 0.722. The van der Waals surface area contributed by atoms with E-state index < -0.39 is 5.41 Å². The van der Waals surface area contributed by atoms with Gasteiger partial charge < -0.3 is 0 Å². The Kier molecular flexibility index (Phi) is 3.07. The van der Waals surface area contributed by atoms with Gasteiger partial charge in [-0.1, -0.05) is 66.7 Å². The molecule has 17 heavy (non-hydrogen) atoms. The Labute approximate surface area is 102 Å². The zero-order valence-corrected chi connectivity index (χ0v) is 9.51. The smallest absolute Gasteiger partial charge is 0.125 e. The van der Waals surface area contributed by atoms with Crippen LogP contribution in [0.25, 0.3) is 0 Å². The van der Waals surface area contributed by atoms with Crippen LogP contribution in [-0.2, 0) is 5.41 Å². The summed E-state index contributed by atoms with van der Waals surface area (Å²) in [5.41, 5.74) is 1.13. The lowest BCUT2D eigenvalue weighted by atomic mass is 9.76. The second-order valence-corrected chi connectivity index (χ2v) is 3.86. The highest BCUT2D eigenvalue weighted by molar-refractivity contribution is 5.50. The molecule has 2 aromatic rings. The molecule has 0 fully saturated rings. The van der Waals surface area contributed by atoms with Crippen molar-refractivity contribution in [1.29, 1.82) is 5.26 Å². The fraction of sp³-hybridized carbons (Fsp3) is 0.0625. The van der Waals surface area contributed by atoms with Gasteiger partial charge in [0.15, 0.2) is 0 Å². The predicted molar refractivity (Wildman–Crippen MR) is 69.5 cm³/mol. The number of rotatable bonds is 3. The van der Waals surface area contributed by atoms with Crippen molar-refractivity contribution in [3.05, 3.63) is 84.4 Å². The molecule has 1 heteroatoms. The van der Waals surface area contributed by atoms with Crippen molar-refractivity contribution in [2.24, 2.45) is 0 Å². The van der Waals surface area contributed by atoms with E-state index in [1.807, 2.05) is 60.7 Å². The molecule has 0 unspecified atom stereocenters. The van der Waals surface area contributed by atoms with E-state index in [1.54, 1.807) is 6.08 Å². The zero-order valence-electron chi connectivity index (χ0n) is 9.51. The fourth-order valence-corrected chi connectivity index (χ4v) is 1.98. The maximum atomic E-state index is 9.56. The van der Waals surface area contributed by atoms with Gasteiger partial charge in [0.1, 0.15) is 5.41 Å². The van der Waals surface area contributed by atoms with Gasteiger partial charge in [0, 0.05) is 0 Å². The van der Waals surface area contributed by atoms with E-state index in [0.717, 1.165) is 11.1 Å². The molecular weight excluding hydrogens is 206 g/mol. The van der Waals surface area contributed by atoms with Gasteiger partial charge >= 0.3 is 0 Å². The molecular formula is C16H13N. The molecule has 0 spiro atoms. The summed E-state index contributed by atoms with van der Waals surface area (Å²) in [6.45, 7) is 3.83. The third-order valence-corrected chi connectivity index (χ3v) is 2.94. The Hall–Kier alpha value is -2.33. The van der Waals surface area contributed by atoms with Crippen molar-refractivity contribution >= 4 is 0 Å². The standard InChI is InChI=1S/C16H13N/c1-2-16(13-17,14-9-5-3-6-10-14)15-11-7-4-8-12-15/h2-12H,1H2. The molecule has 0 aliphatic rings. The monoisotopic (exact) mass is 219 g/mol. The van der Waals surface area contributed by atoms with Crippen LogP contribution in [-0.4, -0.2) is 0 Å². The van der Waals surface area contributed by atoms with Gasteiger partial charge in [0.25, 0.3) is 0 Å². The van der Waals surface area contributed by atoms with E-state index in [-0.39, 0.29) is 0 Å². The third kappa shape index (κ3) is 1.86. The molecule has 82 valence electrons. The number of hydrogen-bond donors (Lipinski definition) is 0. The number of hydrogen-bond acceptors (Lipinski definition) is 1. The second-order valence-electron chi connectivity index (χ2n) is 3.86. The molecule has 1 nitrogen and oxygen atoms in total. The molecule has 0 atom stereocenters. The van der Waals surface area contributed by atoms with E-state index in [2.05, 4.69) is 12.6 Å². The second kappa shape index (κ2) is 4.67. The molecule has 2 aromatic carbocycles. The zero-order chi connectivity index (χ0) is 12.1. The Balaban J connectivity index is 2.64. The minimum atomic E-state index is -0.761. The molecule has 0 radical (unpaired) electrons. The minimum Gasteiger partial charge on any atom is -0.197 e. The predicted octanol–water partition coefficient (Wildman–Crippen LogP) is 3.68. The van der Waals surface area contributed by atoms with Crippen LogP contribution in [0.4, 0.5) is 0 Å². The van der Waals surface area contributed by atoms with Crippen LogP contribution in [0.15, 0.2) is 73.3 Å². The fourth-order valence-electron chi connectivity index (χ4n) is 1.98. The van der Waals surface area contributed by atoms with Gasteiger partial charge in [-0.25, -0.2) is 0 Å². The average molecular weight is 219 g/mol. The number of allylic oxidation sites excluding steroid dienone is 1. The molecule has 0 aliphatic carbocycles. The Morgan fingerprint density at radius 3 is 1.59 bits per heavy atom. The van der Waals surface area contributed by atoms with Crippen LogP contribution in [0.3, 0.4) is 0 Å². The van der Waals surface area contributed by atoms with Crippen molar-refractivity contribution in [2.75, 3.05) is 0 Å². The van der Waals surface area contributed by atoms with E-state index in [0.29, 0.717) is 0 Å². The molecule has 0 saturated carbocycles. The summed E-state index contributed by atoms with van der Waals surface area (Å²) >= 11 is 0. The van der Waals surface area contributed by atoms with Gasteiger partial charge in [-0.05, 0) is 11.1 Å². The van der Waals surface area contributed by atoms with Crippen molar-refractivity contribution in [1.82, 2.24) is 0 Å². The summed E-state index contributed by atoms with van der Waals surface area (Å²) < 4.78 is 0. The third-order valence-electron chi connectivity index (χ3n) is 2.94. The first kappa shape index (κ1) is 11.2. The summed E-state index contributed by atoms with van der Waals surface area (Å²) in [5.74, 6) is 0. The lowest BCUT2D eigenvalue weighted by molar-refractivity contribution is 0.834. The van der Waals surface area contributed by atoms with Gasteiger partial charge in [-0.15, -0.1) is 6.58 Å². The number of nitrogens with zero attached hydrogens (tertiary/aromatic N) is 1. The molecule has 0 amide bonds. The van der Waals surface area contributed by atoms with Crippen molar-refractivity contribution < 1.29 is 0 Å². The van der Waals surface area contributed by atoms with E-state index in [9.17, 15) is 5.26 Å². The van der Waals surface area contributed by atoms with Gasteiger partial charge in [-0.2, -0.15) is 5.26 Å². The van der Waals surface area contributed by atoms with Crippen LogP contribution in [0.5, 0.6) is 0 Å². The Morgan fingerprint density at radius 1 is 0.882 bits per heavy atom. The SMILES string of the molecule is C=CC(C#N)(c1ccccc1)c1ccccc1. The highest BCUT2D eigenvalue weighted by Crippen LogP contribution is 2.32. The van der Waals surface area contributed by atoms with Crippen LogP contribution < -0.4 is 0 Å². The Bertz CT molecular complexity index is 495. The maximum absolute atomic E-state index is 9.56. The molecule has 0 heterocycles. The van der Waals surface area contributed by atoms with Gasteiger partial charge in [0.2, 0.25) is 0 Å². The van der Waals surface area contributed by atoms with Crippen molar-refractivity contribution in [3.63, 3.8) is 0 Å². The van der Waals surface area contributed by atoms with Gasteiger partial charge in [-0.3, -0.25) is 0 Å².